The van der Waals surface area contributed by atoms with Crippen LogP contribution in [0, 0.1) is 5.41 Å². The lowest BCUT2D eigenvalue weighted by Crippen LogP contribution is -2.43. The Bertz CT molecular complexity index is 899. The lowest BCUT2D eigenvalue weighted by Gasteiger charge is -2.23. The van der Waals surface area contributed by atoms with Crippen molar-refractivity contribution in [3.63, 3.8) is 0 Å². The first-order chi connectivity index (χ1) is 13.5. The van der Waals surface area contributed by atoms with Crippen LogP contribution in [-0.2, 0) is 16.1 Å². The highest BCUT2D eigenvalue weighted by Crippen LogP contribution is 2.55. The van der Waals surface area contributed by atoms with Gasteiger partial charge in [-0.3, -0.25) is 9.69 Å². The van der Waals surface area contributed by atoms with Crippen LogP contribution in [0.5, 0.6) is 0 Å². The Morgan fingerprint density at radius 1 is 1.21 bits per heavy atom. The summed E-state index contributed by atoms with van der Waals surface area (Å²) >= 11 is 3.35. The van der Waals surface area contributed by atoms with Crippen molar-refractivity contribution in [1.29, 1.82) is 0 Å². The average molecular weight is 444 g/mol. The SMILES string of the molecule is Nc1cc(Br)ccc1NC(=O)[C@@H]1CC2(CC2)CN1C(=O)OCc1ccccc1. The molecule has 146 valence electrons. The van der Waals surface area contributed by atoms with Crippen molar-refractivity contribution in [2.45, 2.75) is 31.9 Å². The molecule has 2 aromatic rings. The molecule has 0 radical (unpaired) electrons. The molecule has 0 aromatic heterocycles. The molecule has 28 heavy (non-hydrogen) atoms. The lowest BCUT2D eigenvalue weighted by atomic mass is 10.0. The van der Waals surface area contributed by atoms with E-state index in [0.29, 0.717) is 24.3 Å². The zero-order valence-corrected chi connectivity index (χ0v) is 16.9. The summed E-state index contributed by atoms with van der Waals surface area (Å²) in [5.74, 6) is -0.227. The molecule has 1 spiro atoms. The normalized spacial score (nSPS) is 19.5. The Morgan fingerprint density at radius 3 is 2.64 bits per heavy atom. The van der Waals surface area contributed by atoms with Gasteiger partial charge in [0.15, 0.2) is 0 Å². The van der Waals surface area contributed by atoms with Gasteiger partial charge in [-0.1, -0.05) is 46.3 Å². The van der Waals surface area contributed by atoms with E-state index >= 15 is 0 Å². The Morgan fingerprint density at radius 2 is 1.96 bits per heavy atom. The molecule has 2 amide bonds. The van der Waals surface area contributed by atoms with Crippen LogP contribution < -0.4 is 11.1 Å². The average Bonchev–Trinajstić information content (AvgIpc) is 3.33. The lowest BCUT2D eigenvalue weighted by molar-refractivity contribution is -0.120. The summed E-state index contributed by atoms with van der Waals surface area (Å²) in [6, 6.07) is 14.3. The van der Waals surface area contributed by atoms with Crippen LogP contribution in [0.4, 0.5) is 16.2 Å². The maximum absolute atomic E-state index is 12.9. The third kappa shape index (κ3) is 3.99. The number of hydrogen-bond acceptors (Lipinski definition) is 4. The second-order valence-electron chi connectivity index (χ2n) is 7.61. The molecule has 2 aromatic carbocycles. The van der Waals surface area contributed by atoms with Crippen LogP contribution in [0.15, 0.2) is 53.0 Å². The number of hydrogen-bond donors (Lipinski definition) is 2. The number of carbonyl (C=O) groups excluding carboxylic acids is 2. The summed E-state index contributed by atoms with van der Waals surface area (Å²) in [7, 11) is 0. The van der Waals surface area contributed by atoms with Crippen LogP contribution in [0.3, 0.4) is 0 Å². The number of carbonyl (C=O) groups is 2. The summed E-state index contributed by atoms with van der Waals surface area (Å²) in [6.45, 7) is 0.756. The third-order valence-electron chi connectivity index (χ3n) is 5.48. The van der Waals surface area contributed by atoms with E-state index in [4.69, 9.17) is 10.5 Å². The molecule has 1 aliphatic carbocycles. The smallest absolute Gasteiger partial charge is 0.410 e. The highest BCUT2D eigenvalue weighted by atomic mass is 79.9. The molecule has 1 aliphatic heterocycles. The van der Waals surface area contributed by atoms with Gasteiger partial charge in [0, 0.05) is 11.0 Å². The van der Waals surface area contributed by atoms with E-state index < -0.39 is 12.1 Å². The zero-order chi connectivity index (χ0) is 19.7. The molecular weight excluding hydrogens is 422 g/mol. The number of likely N-dealkylation sites (tertiary alicyclic amines) is 1. The van der Waals surface area contributed by atoms with E-state index in [1.54, 1.807) is 17.0 Å². The van der Waals surface area contributed by atoms with E-state index in [0.717, 1.165) is 22.9 Å². The molecule has 1 heterocycles. The van der Waals surface area contributed by atoms with Crippen LogP contribution in [0.2, 0.25) is 0 Å². The number of ether oxygens (including phenoxy) is 1. The fourth-order valence-corrected chi connectivity index (χ4v) is 4.07. The molecule has 4 rings (SSSR count). The van der Waals surface area contributed by atoms with Crippen molar-refractivity contribution in [3.05, 3.63) is 58.6 Å². The van der Waals surface area contributed by atoms with E-state index in [9.17, 15) is 9.59 Å². The molecular formula is C21H22BrN3O3. The summed E-state index contributed by atoms with van der Waals surface area (Å²) in [5, 5.41) is 2.87. The van der Waals surface area contributed by atoms with Crippen LogP contribution >= 0.6 is 15.9 Å². The van der Waals surface area contributed by atoms with Crippen molar-refractivity contribution < 1.29 is 14.3 Å². The first-order valence-corrected chi connectivity index (χ1v) is 10.1. The zero-order valence-electron chi connectivity index (χ0n) is 15.4. The first-order valence-electron chi connectivity index (χ1n) is 9.29. The topological polar surface area (TPSA) is 84.7 Å². The quantitative estimate of drug-likeness (QED) is 0.694. The molecule has 1 saturated carbocycles. The Hall–Kier alpha value is -2.54. The number of nitrogens with two attached hydrogens (primary N) is 1. The third-order valence-corrected chi connectivity index (χ3v) is 5.97. The summed E-state index contributed by atoms with van der Waals surface area (Å²) in [4.78, 5) is 27.2. The van der Waals surface area contributed by atoms with Gasteiger partial charge in [-0.25, -0.2) is 4.79 Å². The summed E-state index contributed by atoms with van der Waals surface area (Å²) in [5.41, 5.74) is 7.99. The molecule has 0 bridgehead atoms. The van der Waals surface area contributed by atoms with E-state index in [1.165, 1.54) is 0 Å². The van der Waals surface area contributed by atoms with Crippen molar-refractivity contribution in [2.75, 3.05) is 17.6 Å². The van der Waals surface area contributed by atoms with Gasteiger partial charge >= 0.3 is 6.09 Å². The predicted octanol–water partition coefficient (Wildman–Crippen LogP) is 4.16. The monoisotopic (exact) mass is 443 g/mol. The van der Waals surface area contributed by atoms with E-state index in [-0.39, 0.29) is 17.9 Å². The molecule has 2 fully saturated rings. The van der Waals surface area contributed by atoms with Gasteiger partial charge in [0.05, 0.1) is 11.4 Å². The van der Waals surface area contributed by atoms with Gasteiger partial charge < -0.3 is 15.8 Å². The largest absolute Gasteiger partial charge is 0.445 e. The maximum atomic E-state index is 12.9. The van der Waals surface area contributed by atoms with Crippen LogP contribution in [0.25, 0.3) is 0 Å². The fourth-order valence-electron chi connectivity index (χ4n) is 3.69. The van der Waals surface area contributed by atoms with Crippen molar-refractivity contribution in [2.24, 2.45) is 5.41 Å². The van der Waals surface area contributed by atoms with Crippen LogP contribution in [0.1, 0.15) is 24.8 Å². The van der Waals surface area contributed by atoms with Crippen molar-refractivity contribution in [1.82, 2.24) is 4.90 Å². The number of anilines is 2. The number of rotatable bonds is 4. The molecule has 7 heteroatoms. The number of halogens is 1. The fraction of sp³-hybridized carbons (Fsp3) is 0.333. The molecule has 0 unspecified atom stereocenters. The van der Waals surface area contributed by atoms with Crippen LogP contribution in [-0.4, -0.2) is 29.5 Å². The number of benzene rings is 2. The molecule has 3 N–H and O–H groups in total. The highest BCUT2D eigenvalue weighted by molar-refractivity contribution is 9.10. The Kier molecular flexibility index (Phi) is 5.02. The molecule has 1 atom stereocenters. The molecule has 6 nitrogen and oxygen atoms in total. The summed E-state index contributed by atoms with van der Waals surface area (Å²) < 4.78 is 6.32. The number of nitrogens with zero attached hydrogens (tertiary/aromatic N) is 1. The second-order valence-corrected chi connectivity index (χ2v) is 8.52. The van der Waals surface area contributed by atoms with E-state index in [1.807, 2.05) is 36.4 Å². The van der Waals surface area contributed by atoms with Gasteiger partial charge in [-0.2, -0.15) is 0 Å². The number of nitrogen functional groups attached to an aromatic ring is 1. The van der Waals surface area contributed by atoms with E-state index in [2.05, 4.69) is 21.2 Å². The van der Waals surface area contributed by atoms with Gasteiger partial charge in [-0.05, 0) is 48.4 Å². The minimum Gasteiger partial charge on any atom is -0.445 e. The van der Waals surface area contributed by atoms with Gasteiger partial charge in [0.1, 0.15) is 12.6 Å². The highest BCUT2D eigenvalue weighted by Gasteiger charge is 2.55. The van der Waals surface area contributed by atoms with Gasteiger partial charge in [0.2, 0.25) is 5.91 Å². The molecule has 1 saturated heterocycles. The van der Waals surface area contributed by atoms with Gasteiger partial charge in [-0.15, -0.1) is 0 Å². The first kappa shape index (κ1) is 18.8. The predicted molar refractivity (Wildman–Crippen MR) is 111 cm³/mol. The minimum atomic E-state index is -0.547. The van der Waals surface area contributed by atoms with Crippen molar-refractivity contribution >= 4 is 39.3 Å². The summed E-state index contributed by atoms with van der Waals surface area (Å²) in [6.07, 6.45) is 2.30. The minimum absolute atomic E-state index is 0.0685. The Balaban J connectivity index is 1.45. The molecule has 2 aliphatic rings. The standard InChI is InChI=1S/C21H22BrN3O3/c22-15-6-7-17(16(23)10-15)24-19(26)18-11-21(8-9-21)13-25(18)20(27)28-12-14-4-2-1-3-5-14/h1-7,10,18H,8-9,11-13,23H2,(H,24,26)/t18-/m0/s1. The number of amides is 2. The van der Waals surface area contributed by atoms with Gasteiger partial charge in [0.25, 0.3) is 0 Å². The number of nitrogens with one attached hydrogen (secondary N) is 1. The van der Waals surface area contributed by atoms with Crippen molar-refractivity contribution in [3.8, 4) is 0 Å². The second kappa shape index (κ2) is 7.47. The Labute approximate surface area is 172 Å². The maximum Gasteiger partial charge on any atom is 0.410 e.